The number of aliphatic hydroxyl groups excluding tert-OH is 1. The molecule has 0 aliphatic carbocycles. The number of hydrogen-bond acceptors (Lipinski definition) is 3. The van der Waals surface area contributed by atoms with Crippen molar-refractivity contribution in [2.45, 2.75) is 6.05 Å². The fraction of sp³-hybridized carbons (Fsp3) is 1.00. The minimum Gasteiger partial charge on any atom is -0.389 e. The Morgan fingerprint density at radius 2 is 1.91 bits per heavy atom. The van der Waals surface area contributed by atoms with E-state index >= 15 is 0 Å². The second-order valence-electron chi connectivity index (χ2n) is 2.42. The van der Waals surface area contributed by atoms with Gasteiger partial charge in [-0.05, 0) is 0 Å². The third-order valence-electron chi connectivity index (χ3n) is 1.66. The summed E-state index contributed by atoms with van der Waals surface area (Å²) < 4.78 is 30.2. The highest BCUT2D eigenvalue weighted by Crippen LogP contribution is 2.19. The maximum Gasteiger partial charge on any atom is 0.327 e. The number of ether oxygens (including phenoxy) is 1. The molecule has 0 amide bonds. The smallest absolute Gasteiger partial charge is 0.327 e. The summed E-state index contributed by atoms with van der Waals surface area (Å²) in [4.78, 5) is 0.927. The van der Waals surface area contributed by atoms with Crippen LogP contribution in [0.25, 0.3) is 0 Å². The van der Waals surface area contributed by atoms with E-state index < -0.39 is 12.7 Å². The van der Waals surface area contributed by atoms with Crippen molar-refractivity contribution in [2.75, 3.05) is 32.9 Å². The number of morpholine rings is 1. The highest BCUT2D eigenvalue weighted by molar-refractivity contribution is 4.70. The molecule has 0 atom stereocenters. The second kappa shape index (κ2) is 3.42. The molecule has 0 aromatic heterocycles. The largest absolute Gasteiger partial charge is 0.389 e. The van der Waals surface area contributed by atoms with E-state index in [9.17, 15) is 8.78 Å². The van der Waals surface area contributed by atoms with Gasteiger partial charge in [0.15, 0.2) is 0 Å². The molecular weight excluding hydrogens is 156 g/mol. The van der Waals surface area contributed by atoms with Crippen LogP contribution in [0.1, 0.15) is 0 Å². The van der Waals surface area contributed by atoms with Gasteiger partial charge in [0.25, 0.3) is 0 Å². The number of aliphatic hydroxyl groups is 1. The van der Waals surface area contributed by atoms with Crippen molar-refractivity contribution in [2.24, 2.45) is 0 Å². The molecule has 0 unspecified atom stereocenters. The van der Waals surface area contributed by atoms with Gasteiger partial charge >= 0.3 is 6.05 Å². The minimum absolute atomic E-state index is 0.188. The van der Waals surface area contributed by atoms with Crippen LogP contribution >= 0.6 is 0 Å². The van der Waals surface area contributed by atoms with E-state index in [1.165, 1.54) is 0 Å². The first kappa shape index (κ1) is 8.83. The molecule has 0 saturated carbocycles. The minimum atomic E-state index is -3.08. The molecule has 1 rings (SSSR count). The average Bonchev–Trinajstić information content (AvgIpc) is 2.06. The summed E-state index contributed by atoms with van der Waals surface area (Å²) in [5, 5.41) is 8.31. The Balaban J connectivity index is 2.43. The zero-order chi connectivity index (χ0) is 8.32. The van der Waals surface area contributed by atoms with E-state index in [4.69, 9.17) is 9.84 Å². The maximum absolute atomic E-state index is 12.7. The van der Waals surface area contributed by atoms with E-state index in [0.717, 1.165) is 4.90 Å². The quantitative estimate of drug-likeness (QED) is 0.583. The predicted octanol–water partition coefficient (Wildman–Crippen LogP) is -0.0963. The van der Waals surface area contributed by atoms with Gasteiger partial charge in [0.1, 0.15) is 6.61 Å². The van der Waals surface area contributed by atoms with Gasteiger partial charge in [0.05, 0.1) is 13.2 Å². The molecule has 1 N–H and O–H groups in total. The molecule has 1 heterocycles. The van der Waals surface area contributed by atoms with E-state index in [2.05, 4.69) is 0 Å². The normalized spacial score (nSPS) is 22.1. The molecule has 0 radical (unpaired) electrons. The van der Waals surface area contributed by atoms with Crippen molar-refractivity contribution >= 4 is 0 Å². The topological polar surface area (TPSA) is 32.7 Å². The molecule has 1 saturated heterocycles. The number of halogens is 2. The van der Waals surface area contributed by atoms with E-state index in [1.807, 2.05) is 0 Å². The lowest BCUT2D eigenvalue weighted by molar-refractivity contribution is -0.193. The highest BCUT2D eigenvalue weighted by atomic mass is 19.3. The van der Waals surface area contributed by atoms with Gasteiger partial charge in [0.2, 0.25) is 0 Å². The van der Waals surface area contributed by atoms with Crippen molar-refractivity contribution in [3.05, 3.63) is 0 Å². The molecule has 1 aliphatic heterocycles. The zero-order valence-corrected chi connectivity index (χ0v) is 6.09. The van der Waals surface area contributed by atoms with Gasteiger partial charge in [-0.3, -0.25) is 0 Å². The Hall–Kier alpha value is -0.260. The maximum atomic E-state index is 12.7. The van der Waals surface area contributed by atoms with Crippen LogP contribution in [0.15, 0.2) is 0 Å². The number of nitrogens with zero attached hydrogens (tertiary/aromatic N) is 1. The summed E-state index contributed by atoms with van der Waals surface area (Å²) in [6.45, 7) is -0.112. The van der Waals surface area contributed by atoms with Crippen LogP contribution in [0.3, 0.4) is 0 Å². The van der Waals surface area contributed by atoms with E-state index in [-0.39, 0.29) is 13.1 Å². The molecule has 11 heavy (non-hydrogen) atoms. The Kier molecular flexibility index (Phi) is 2.75. The lowest BCUT2D eigenvalue weighted by Gasteiger charge is -2.32. The summed E-state index contributed by atoms with van der Waals surface area (Å²) in [7, 11) is 0. The summed E-state index contributed by atoms with van der Waals surface area (Å²) in [6.07, 6.45) is 0. The first-order valence-corrected chi connectivity index (χ1v) is 3.48. The third-order valence-corrected chi connectivity index (χ3v) is 1.66. The van der Waals surface area contributed by atoms with E-state index in [1.54, 1.807) is 0 Å². The highest BCUT2D eigenvalue weighted by Gasteiger charge is 2.36. The fourth-order valence-corrected chi connectivity index (χ4v) is 0.990. The molecule has 3 nitrogen and oxygen atoms in total. The Bertz CT molecular complexity index is 126. The van der Waals surface area contributed by atoms with Crippen molar-refractivity contribution in [1.29, 1.82) is 0 Å². The first-order chi connectivity index (χ1) is 5.17. The summed E-state index contributed by atoms with van der Waals surface area (Å²) in [5.41, 5.74) is 0. The van der Waals surface area contributed by atoms with Gasteiger partial charge in [-0.1, -0.05) is 0 Å². The summed E-state index contributed by atoms with van der Waals surface area (Å²) in [6, 6.07) is -3.08. The van der Waals surface area contributed by atoms with Crippen LogP contribution in [0.4, 0.5) is 8.78 Å². The van der Waals surface area contributed by atoms with Crippen LogP contribution in [0.2, 0.25) is 0 Å². The lowest BCUT2D eigenvalue weighted by Crippen LogP contribution is -2.50. The van der Waals surface area contributed by atoms with Gasteiger partial charge < -0.3 is 9.84 Å². The summed E-state index contributed by atoms with van der Waals surface area (Å²) >= 11 is 0. The molecule has 0 bridgehead atoms. The number of alkyl halides is 2. The predicted molar refractivity (Wildman–Crippen MR) is 34.4 cm³/mol. The van der Waals surface area contributed by atoms with Gasteiger partial charge in [-0.25, -0.2) is 4.90 Å². The van der Waals surface area contributed by atoms with Crippen LogP contribution < -0.4 is 0 Å². The molecule has 1 fully saturated rings. The van der Waals surface area contributed by atoms with Crippen molar-refractivity contribution in [3.8, 4) is 0 Å². The van der Waals surface area contributed by atoms with Gasteiger partial charge in [0, 0.05) is 13.1 Å². The Labute approximate surface area is 63.6 Å². The van der Waals surface area contributed by atoms with Gasteiger partial charge in [-0.15, -0.1) is 0 Å². The molecule has 5 heteroatoms. The first-order valence-electron chi connectivity index (χ1n) is 3.48. The second-order valence-corrected chi connectivity index (χ2v) is 2.42. The molecule has 66 valence electrons. The number of hydrogen-bond donors (Lipinski definition) is 1. The van der Waals surface area contributed by atoms with Crippen molar-refractivity contribution in [3.63, 3.8) is 0 Å². The molecule has 0 aromatic carbocycles. The summed E-state index contributed by atoms with van der Waals surface area (Å²) in [5.74, 6) is 0. The molecule has 1 aliphatic rings. The van der Waals surface area contributed by atoms with Gasteiger partial charge in [-0.2, -0.15) is 8.78 Å². The van der Waals surface area contributed by atoms with Crippen LogP contribution in [0, 0.1) is 0 Å². The van der Waals surface area contributed by atoms with Crippen LogP contribution in [-0.2, 0) is 4.74 Å². The lowest BCUT2D eigenvalue weighted by atomic mass is 10.4. The van der Waals surface area contributed by atoms with Crippen molar-refractivity contribution in [1.82, 2.24) is 4.90 Å². The molecule has 0 spiro atoms. The Morgan fingerprint density at radius 3 is 2.36 bits per heavy atom. The third kappa shape index (κ3) is 2.08. The SMILES string of the molecule is OCC(F)(F)N1CCOCC1. The average molecular weight is 167 g/mol. The van der Waals surface area contributed by atoms with E-state index in [0.29, 0.717) is 13.2 Å². The standard InChI is InChI=1S/C6H11F2NO2/c7-6(8,5-10)9-1-3-11-4-2-9/h10H,1-5H2. The van der Waals surface area contributed by atoms with Crippen LogP contribution in [0.5, 0.6) is 0 Å². The fourth-order valence-electron chi connectivity index (χ4n) is 0.990. The van der Waals surface area contributed by atoms with Crippen LogP contribution in [-0.4, -0.2) is 49.0 Å². The number of rotatable bonds is 2. The molecular formula is C6H11F2NO2. The Morgan fingerprint density at radius 1 is 1.36 bits per heavy atom. The monoisotopic (exact) mass is 167 g/mol. The molecule has 0 aromatic rings. The zero-order valence-electron chi connectivity index (χ0n) is 6.09. The van der Waals surface area contributed by atoms with Crippen molar-refractivity contribution < 1.29 is 18.6 Å².